The molecule has 4 aliphatic rings. The maximum atomic E-state index is 14.1. The van der Waals surface area contributed by atoms with Crippen LogP contribution in [0.4, 0.5) is 0 Å². The highest BCUT2D eigenvalue weighted by Gasteiger charge is 2.63. The standard InChI is InChI=1S/C32H46N2O3/c1-20-23-10-12-32(8)26(30(23,6)18-22(19-33)27(20)37)17-25(36)24-9-11-28(3,4)13-14-29(5,34-21(2)35)15-16-31(24,32)7/h17-18,20,23-24H,9-16H2,1-8H3,(H,34,35)/t20-,23-,24?,29-,30-,31+,32+/m0/s1. The van der Waals surface area contributed by atoms with Crippen molar-refractivity contribution in [2.75, 3.05) is 0 Å². The molecule has 0 aromatic heterocycles. The van der Waals surface area contributed by atoms with Crippen molar-refractivity contribution in [2.24, 2.45) is 39.4 Å². The van der Waals surface area contributed by atoms with Gasteiger partial charge in [0.15, 0.2) is 11.6 Å². The molecule has 2 saturated carbocycles. The van der Waals surface area contributed by atoms with Gasteiger partial charge in [-0.15, -0.1) is 0 Å². The number of carbonyl (C=O) groups excluding carboxylic acids is 3. The molecule has 0 radical (unpaired) electrons. The Balaban J connectivity index is 1.86. The van der Waals surface area contributed by atoms with Gasteiger partial charge in [-0.05, 0) is 86.5 Å². The van der Waals surface area contributed by atoms with Crippen LogP contribution < -0.4 is 5.32 Å². The van der Waals surface area contributed by atoms with Gasteiger partial charge >= 0.3 is 0 Å². The molecule has 0 aromatic carbocycles. The zero-order valence-corrected chi connectivity index (χ0v) is 24.2. The maximum Gasteiger partial charge on any atom is 0.217 e. The van der Waals surface area contributed by atoms with Crippen molar-refractivity contribution >= 4 is 17.5 Å². The highest BCUT2D eigenvalue weighted by Crippen LogP contribution is 2.69. The van der Waals surface area contributed by atoms with E-state index in [9.17, 15) is 19.6 Å². The average molecular weight is 507 g/mol. The summed E-state index contributed by atoms with van der Waals surface area (Å²) in [6.45, 7) is 17.1. The second-order valence-electron chi connectivity index (χ2n) is 14.5. The van der Waals surface area contributed by atoms with Crippen LogP contribution in [0.15, 0.2) is 23.3 Å². The van der Waals surface area contributed by atoms with Gasteiger partial charge in [0.25, 0.3) is 0 Å². The number of nitrogens with zero attached hydrogens (tertiary/aromatic N) is 1. The van der Waals surface area contributed by atoms with Crippen molar-refractivity contribution in [3.05, 3.63) is 23.3 Å². The van der Waals surface area contributed by atoms with Crippen LogP contribution in [0.5, 0.6) is 0 Å². The predicted molar refractivity (Wildman–Crippen MR) is 145 cm³/mol. The normalized spacial score (nSPS) is 43.7. The van der Waals surface area contributed by atoms with Crippen molar-refractivity contribution in [1.29, 1.82) is 5.26 Å². The molecular formula is C32H46N2O3. The van der Waals surface area contributed by atoms with Crippen LogP contribution in [0.1, 0.15) is 107 Å². The topological polar surface area (TPSA) is 87.0 Å². The number of nitriles is 1. The van der Waals surface area contributed by atoms with E-state index < -0.39 is 5.41 Å². The number of hydrogen-bond donors (Lipinski definition) is 1. The molecule has 1 amide bonds. The number of amides is 1. The zero-order chi connectivity index (χ0) is 27.6. The molecule has 0 spiro atoms. The minimum atomic E-state index is -0.495. The number of hydrogen-bond acceptors (Lipinski definition) is 4. The van der Waals surface area contributed by atoms with Gasteiger partial charge in [-0.25, -0.2) is 0 Å². The van der Waals surface area contributed by atoms with E-state index in [0.29, 0.717) is 0 Å². The Morgan fingerprint density at radius 3 is 2.24 bits per heavy atom. The van der Waals surface area contributed by atoms with Crippen LogP contribution in [-0.4, -0.2) is 23.0 Å². The number of Topliss-reactive ketones (excluding diaryl/α,β-unsaturated/α-hetero) is 1. The number of fused-ring (bicyclic) bond motifs is 5. The molecule has 5 nitrogen and oxygen atoms in total. The molecule has 1 unspecified atom stereocenters. The van der Waals surface area contributed by atoms with E-state index in [1.807, 2.05) is 19.1 Å². The summed E-state index contributed by atoms with van der Waals surface area (Å²) < 4.78 is 0. The first kappa shape index (κ1) is 27.8. The Hall–Kier alpha value is -2.22. The fourth-order valence-corrected chi connectivity index (χ4v) is 8.76. The van der Waals surface area contributed by atoms with Gasteiger partial charge in [0, 0.05) is 29.7 Å². The summed E-state index contributed by atoms with van der Waals surface area (Å²) in [7, 11) is 0. The van der Waals surface area contributed by atoms with Crippen molar-refractivity contribution < 1.29 is 14.4 Å². The van der Waals surface area contributed by atoms with Crippen LogP contribution >= 0.6 is 0 Å². The summed E-state index contributed by atoms with van der Waals surface area (Å²) in [5.41, 5.74) is 0.0812. The predicted octanol–water partition coefficient (Wildman–Crippen LogP) is 6.48. The van der Waals surface area contributed by atoms with E-state index in [-0.39, 0.29) is 62.6 Å². The van der Waals surface area contributed by atoms with Gasteiger partial charge in [0.2, 0.25) is 5.91 Å². The lowest BCUT2D eigenvalue weighted by molar-refractivity contribution is -0.136. The Morgan fingerprint density at radius 2 is 1.62 bits per heavy atom. The number of ketones is 2. The summed E-state index contributed by atoms with van der Waals surface area (Å²) in [5.74, 6) is -0.0921. The largest absolute Gasteiger partial charge is 0.351 e. The molecule has 5 heteroatoms. The molecule has 7 atom stereocenters. The Morgan fingerprint density at radius 1 is 0.973 bits per heavy atom. The zero-order valence-electron chi connectivity index (χ0n) is 24.2. The second-order valence-corrected chi connectivity index (χ2v) is 14.5. The van der Waals surface area contributed by atoms with Gasteiger partial charge in [-0.2, -0.15) is 5.26 Å². The molecule has 0 aliphatic heterocycles. The van der Waals surface area contributed by atoms with Crippen molar-refractivity contribution in [3.8, 4) is 6.07 Å². The maximum absolute atomic E-state index is 14.1. The quantitative estimate of drug-likeness (QED) is 0.441. The first-order valence-corrected chi connectivity index (χ1v) is 14.2. The van der Waals surface area contributed by atoms with E-state index >= 15 is 0 Å². The molecule has 0 bridgehead atoms. The summed E-state index contributed by atoms with van der Waals surface area (Å²) in [5, 5.41) is 13.1. The van der Waals surface area contributed by atoms with Crippen LogP contribution in [0.25, 0.3) is 0 Å². The minimum Gasteiger partial charge on any atom is -0.351 e. The third-order valence-corrected chi connectivity index (χ3v) is 11.5. The number of allylic oxidation sites excluding steroid dienone is 4. The Labute approximate surface area is 223 Å². The monoisotopic (exact) mass is 506 g/mol. The van der Waals surface area contributed by atoms with Crippen LogP contribution in [0, 0.1) is 50.7 Å². The van der Waals surface area contributed by atoms with E-state index in [4.69, 9.17) is 0 Å². The molecule has 37 heavy (non-hydrogen) atoms. The average Bonchev–Trinajstić information content (AvgIpc) is 2.80. The van der Waals surface area contributed by atoms with Crippen molar-refractivity contribution in [3.63, 3.8) is 0 Å². The molecular weight excluding hydrogens is 460 g/mol. The minimum absolute atomic E-state index is 0.00589. The lowest BCUT2D eigenvalue weighted by Gasteiger charge is -2.64. The van der Waals surface area contributed by atoms with Gasteiger partial charge in [0.1, 0.15) is 6.07 Å². The first-order valence-electron chi connectivity index (χ1n) is 14.2. The van der Waals surface area contributed by atoms with Gasteiger partial charge < -0.3 is 5.32 Å². The Kier molecular flexibility index (Phi) is 6.71. The number of rotatable bonds is 1. The summed E-state index contributed by atoms with van der Waals surface area (Å²) in [4.78, 5) is 39.2. The highest BCUT2D eigenvalue weighted by atomic mass is 16.1. The van der Waals surface area contributed by atoms with E-state index in [1.165, 1.54) is 0 Å². The molecule has 202 valence electrons. The SMILES string of the molecule is CC(=O)N[C@@]1(C)CCC(C)(C)CCC2C(=O)C=C3[C@@]4(C)C=C(C#N)C(=O)[C@@H](C)[C@@H]4CC[C@@]3(C)[C@]2(C)CC1. The smallest absolute Gasteiger partial charge is 0.217 e. The van der Waals surface area contributed by atoms with Crippen LogP contribution in [0.2, 0.25) is 0 Å². The fourth-order valence-electron chi connectivity index (χ4n) is 8.76. The molecule has 0 heterocycles. The van der Waals surface area contributed by atoms with Crippen molar-refractivity contribution in [2.45, 2.75) is 112 Å². The fraction of sp³-hybridized carbons (Fsp3) is 0.750. The molecule has 1 N–H and O–H groups in total. The van der Waals surface area contributed by atoms with Gasteiger partial charge in [0.05, 0.1) is 5.57 Å². The van der Waals surface area contributed by atoms with Crippen LogP contribution in [0.3, 0.4) is 0 Å². The molecule has 4 rings (SSSR count). The summed E-state index contributed by atoms with van der Waals surface area (Å²) in [6.07, 6.45) is 11.1. The second kappa shape index (κ2) is 8.92. The molecule has 2 fully saturated rings. The number of carbonyl (C=O) groups is 3. The molecule has 0 aromatic rings. The number of nitrogens with one attached hydrogen (secondary N) is 1. The van der Waals surface area contributed by atoms with Crippen molar-refractivity contribution in [1.82, 2.24) is 5.32 Å². The Bertz CT molecular complexity index is 1130. The third kappa shape index (κ3) is 4.33. The molecule has 4 aliphatic carbocycles. The van der Waals surface area contributed by atoms with Crippen LogP contribution in [-0.2, 0) is 14.4 Å². The molecule has 0 saturated heterocycles. The summed E-state index contributed by atoms with van der Waals surface area (Å²) in [6, 6.07) is 2.16. The lowest BCUT2D eigenvalue weighted by Crippen LogP contribution is -2.59. The summed E-state index contributed by atoms with van der Waals surface area (Å²) >= 11 is 0. The van der Waals surface area contributed by atoms with E-state index in [2.05, 4.69) is 52.9 Å². The van der Waals surface area contributed by atoms with Gasteiger partial charge in [-0.3, -0.25) is 14.4 Å². The highest BCUT2D eigenvalue weighted by molar-refractivity contribution is 6.02. The van der Waals surface area contributed by atoms with E-state index in [1.54, 1.807) is 6.92 Å². The van der Waals surface area contributed by atoms with Gasteiger partial charge in [-0.1, -0.05) is 53.2 Å². The lowest BCUT2D eigenvalue weighted by atomic mass is 9.39. The third-order valence-electron chi connectivity index (χ3n) is 11.5. The first-order chi connectivity index (χ1) is 17.0. The van der Waals surface area contributed by atoms with E-state index in [0.717, 1.165) is 56.9 Å².